The smallest absolute Gasteiger partial charge is 0.351 e. The number of hydrogen-bond acceptors (Lipinski definition) is 14. The third-order valence-corrected chi connectivity index (χ3v) is 9.89. The van der Waals surface area contributed by atoms with Crippen LogP contribution in [-0.2, 0) is 33.3 Å². The number of rotatable bonds is 15. The van der Waals surface area contributed by atoms with E-state index in [1.165, 1.54) is 24.0 Å². The molecule has 1 saturated heterocycles. The zero-order valence-corrected chi connectivity index (χ0v) is 30.1. The molecule has 0 spiro atoms. The van der Waals surface area contributed by atoms with Crippen molar-refractivity contribution in [3.63, 3.8) is 0 Å². The molecule has 1 fully saturated rings. The minimum Gasteiger partial charge on any atom is -0.378 e. The van der Waals surface area contributed by atoms with Crippen LogP contribution in [0.5, 0.6) is 0 Å². The Morgan fingerprint density at radius 2 is 1.36 bits per heavy atom. The predicted molar refractivity (Wildman–Crippen MR) is 179 cm³/mol. The van der Waals surface area contributed by atoms with Gasteiger partial charge in [0, 0.05) is 39.7 Å². The molecule has 0 radical (unpaired) electrons. The van der Waals surface area contributed by atoms with E-state index in [0.717, 1.165) is 28.1 Å². The van der Waals surface area contributed by atoms with Crippen LogP contribution in [0.3, 0.4) is 0 Å². The summed E-state index contributed by atoms with van der Waals surface area (Å²) in [4.78, 5) is 54.0. The molecule has 0 amide bonds. The Balaban J connectivity index is 2.31. The van der Waals surface area contributed by atoms with Crippen molar-refractivity contribution in [1.82, 2.24) is 9.55 Å². The second-order valence-corrected chi connectivity index (χ2v) is 16.6. The van der Waals surface area contributed by atoms with Gasteiger partial charge >= 0.3 is 5.69 Å². The summed E-state index contributed by atoms with van der Waals surface area (Å²) < 4.78 is 34.8. The zero-order chi connectivity index (χ0) is 34.9. The highest BCUT2D eigenvalue weighted by molar-refractivity contribution is 8.14. The molecule has 0 bridgehead atoms. The molecule has 1 aliphatic rings. The van der Waals surface area contributed by atoms with Crippen LogP contribution in [0.4, 0.5) is 5.82 Å². The fourth-order valence-corrected chi connectivity index (χ4v) is 6.03. The van der Waals surface area contributed by atoms with E-state index in [9.17, 15) is 25.8 Å². The zero-order valence-electron chi connectivity index (χ0n) is 28.7. The standard InChI is InChI=1S/C30H49N3O9S3/c1-28(2,3)24(34)43-15-12-39-18-19-21(40-13-16-44-25(35)29(4,5)6)22(41-14-17-45-26(36)30(7,8)9)23(42-19)33-11-10-20(32-38)31-27(33)37/h10-11,19,21-23,38H,12-18H2,1-9H3,(H,31,32,37)/t19-,21-,22-,23-/m1/s1/i23D. The van der Waals surface area contributed by atoms with Crippen molar-refractivity contribution in [3.8, 4) is 0 Å². The summed E-state index contributed by atoms with van der Waals surface area (Å²) in [6.07, 6.45) is -3.90. The maximum atomic E-state index is 13.0. The molecule has 2 heterocycles. The molecule has 2 rings (SSSR count). The van der Waals surface area contributed by atoms with Gasteiger partial charge in [0.1, 0.15) is 18.3 Å². The van der Waals surface area contributed by atoms with Gasteiger partial charge in [-0.2, -0.15) is 4.98 Å². The lowest BCUT2D eigenvalue weighted by atomic mass is 9.99. The normalized spacial score (nSPS) is 22.7. The first-order chi connectivity index (χ1) is 21.2. The van der Waals surface area contributed by atoms with Crippen LogP contribution in [0.2, 0.25) is 0 Å². The van der Waals surface area contributed by atoms with Gasteiger partial charge in [0.25, 0.3) is 0 Å². The minimum absolute atomic E-state index is 0.000605. The van der Waals surface area contributed by atoms with Gasteiger partial charge in [0.15, 0.2) is 27.4 Å². The molecule has 1 aromatic rings. The Morgan fingerprint density at radius 3 is 1.80 bits per heavy atom. The molecule has 2 N–H and O–H groups in total. The number of anilines is 1. The minimum atomic E-state index is -2.17. The van der Waals surface area contributed by atoms with Gasteiger partial charge < -0.3 is 18.9 Å². The van der Waals surface area contributed by atoms with Crippen LogP contribution in [0.15, 0.2) is 17.1 Å². The van der Waals surface area contributed by atoms with E-state index in [1.807, 2.05) is 67.8 Å². The number of carbonyl (C=O) groups excluding carboxylic acids is 3. The van der Waals surface area contributed by atoms with Crippen molar-refractivity contribution in [2.75, 3.05) is 49.2 Å². The second kappa shape index (κ2) is 17.6. The monoisotopic (exact) mass is 692 g/mol. The highest BCUT2D eigenvalue weighted by Crippen LogP contribution is 2.34. The van der Waals surface area contributed by atoms with Gasteiger partial charge in [-0.15, -0.1) is 0 Å². The maximum Gasteiger partial charge on any atom is 0.351 e. The molecular formula is C30H49N3O9S3. The molecule has 0 aliphatic carbocycles. The fraction of sp³-hybridized carbons (Fsp3) is 0.767. The first-order valence-electron chi connectivity index (χ1n) is 15.2. The van der Waals surface area contributed by atoms with Gasteiger partial charge in [-0.3, -0.25) is 29.6 Å². The summed E-state index contributed by atoms with van der Waals surface area (Å²) >= 11 is 3.40. The number of hydrogen-bond donors (Lipinski definition) is 2. The average Bonchev–Trinajstić information content (AvgIpc) is 3.21. The highest BCUT2D eigenvalue weighted by Gasteiger charge is 2.48. The number of nitrogens with one attached hydrogen (secondary N) is 1. The summed E-state index contributed by atoms with van der Waals surface area (Å²) in [5.74, 6) is 0.904. The SMILES string of the molecule is [2H][C@@]1(n2ccc(NO)nc2=O)O[C@H](COCCSC(=O)C(C)(C)C)[C@@H](OCCSC(=O)C(C)(C)C)[C@H]1OCCSC(=O)C(C)(C)C. The first kappa shape index (κ1) is 38.0. The number of thioether (sulfide) groups is 3. The van der Waals surface area contributed by atoms with Crippen LogP contribution >= 0.6 is 35.3 Å². The molecule has 0 aromatic carbocycles. The van der Waals surface area contributed by atoms with Gasteiger partial charge in [0.05, 0.1) is 27.8 Å². The van der Waals surface area contributed by atoms with Crippen LogP contribution < -0.4 is 11.2 Å². The molecule has 256 valence electrons. The van der Waals surface area contributed by atoms with Gasteiger partial charge in [0.2, 0.25) is 0 Å². The van der Waals surface area contributed by atoms with Crippen molar-refractivity contribution in [3.05, 3.63) is 22.7 Å². The van der Waals surface area contributed by atoms with E-state index in [1.54, 1.807) is 0 Å². The summed E-state index contributed by atoms with van der Waals surface area (Å²) in [6.45, 7) is 16.8. The van der Waals surface area contributed by atoms with Crippen LogP contribution in [0, 0.1) is 16.2 Å². The topological polar surface area (TPSA) is 155 Å². The lowest BCUT2D eigenvalue weighted by Crippen LogP contribution is -2.41. The Bertz CT molecular complexity index is 1250. The van der Waals surface area contributed by atoms with Crippen molar-refractivity contribution in [2.45, 2.75) is 86.8 Å². The third-order valence-electron chi connectivity index (χ3n) is 6.16. The van der Waals surface area contributed by atoms with Gasteiger partial charge in [-0.25, -0.2) is 4.79 Å². The molecule has 0 unspecified atom stereocenters. The van der Waals surface area contributed by atoms with E-state index < -0.39 is 46.5 Å². The lowest BCUT2D eigenvalue weighted by Gasteiger charge is -2.26. The molecule has 12 nitrogen and oxygen atoms in total. The average molecular weight is 693 g/mol. The van der Waals surface area contributed by atoms with Crippen LogP contribution in [0.1, 0.15) is 69.9 Å². The van der Waals surface area contributed by atoms with E-state index >= 15 is 0 Å². The molecule has 0 saturated carbocycles. The summed E-state index contributed by atoms with van der Waals surface area (Å²) in [6, 6.07) is 1.30. The number of aromatic nitrogens is 2. The molecule has 15 heteroatoms. The van der Waals surface area contributed by atoms with Crippen molar-refractivity contribution in [1.29, 1.82) is 0 Å². The van der Waals surface area contributed by atoms with Crippen LogP contribution in [-0.4, -0.2) is 92.1 Å². The Labute approximate surface area is 280 Å². The largest absolute Gasteiger partial charge is 0.378 e. The number of nitrogens with zero attached hydrogens (tertiary/aromatic N) is 2. The van der Waals surface area contributed by atoms with Gasteiger partial charge in [-0.1, -0.05) is 97.6 Å². The van der Waals surface area contributed by atoms with E-state index in [2.05, 4.69) is 4.98 Å². The van der Waals surface area contributed by atoms with Gasteiger partial charge in [-0.05, 0) is 6.07 Å². The van der Waals surface area contributed by atoms with E-state index in [4.69, 9.17) is 18.9 Å². The molecule has 4 atom stereocenters. The summed E-state index contributed by atoms with van der Waals surface area (Å²) in [5.41, 5.74) is -0.642. The third kappa shape index (κ3) is 12.9. The van der Waals surface area contributed by atoms with Crippen LogP contribution in [0.25, 0.3) is 0 Å². The quantitative estimate of drug-likeness (QED) is 0.194. The predicted octanol–water partition coefficient (Wildman–Crippen LogP) is 4.65. The second-order valence-electron chi connectivity index (χ2n) is 13.4. The Hall–Kier alpha value is -1.46. The van der Waals surface area contributed by atoms with Crippen molar-refractivity contribution >= 4 is 56.4 Å². The number of ether oxygens (including phenoxy) is 4. The van der Waals surface area contributed by atoms with E-state index in [-0.39, 0.29) is 53.3 Å². The molecule has 1 aliphatic heterocycles. The highest BCUT2D eigenvalue weighted by atomic mass is 32.2. The summed E-state index contributed by atoms with van der Waals surface area (Å²) in [5, 5.41) is 9.22. The number of carbonyl (C=O) groups is 3. The molecule has 1 aromatic heterocycles. The Morgan fingerprint density at radius 1 is 0.889 bits per heavy atom. The van der Waals surface area contributed by atoms with Crippen molar-refractivity contribution < 1.29 is 39.9 Å². The first-order valence-corrected chi connectivity index (χ1v) is 17.7. The molecular weight excluding hydrogens is 643 g/mol. The fourth-order valence-electron chi connectivity index (χ4n) is 3.61. The molecule has 45 heavy (non-hydrogen) atoms. The van der Waals surface area contributed by atoms with Crippen molar-refractivity contribution in [2.24, 2.45) is 16.2 Å². The summed E-state index contributed by atoms with van der Waals surface area (Å²) in [7, 11) is 0. The lowest BCUT2D eigenvalue weighted by molar-refractivity contribution is -0.118. The Kier molecular flexibility index (Phi) is 14.9. The maximum absolute atomic E-state index is 13.0. The van der Waals surface area contributed by atoms with E-state index in [0.29, 0.717) is 11.5 Å².